The smallest absolute Gasteiger partial charge is 0.234 e. The molecule has 6 nitrogen and oxygen atoms in total. The van der Waals surface area contributed by atoms with Gasteiger partial charge in [0.25, 0.3) is 0 Å². The van der Waals surface area contributed by atoms with Crippen molar-refractivity contribution < 1.29 is 14.3 Å². The van der Waals surface area contributed by atoms with Gasteiger partial charge in [0.15, 0.2) is 0 Å². The van der Waals surface area contributed by atoms with Crippen molar-refractivity contribution in [1.29, 1.82) is 0 Å². The van der Waals surface area contributed by atoms with Crippen LogP contribution < -0.4 is 15.0 Å². The highest BCUT2D eigenvalue weighted by atomic mass is 16.5. The number of amides is 2. The Labute approximate surface area is 199 Å². The van der Waals surface area contributed by atoms with E-state index in [1.165, 1.54) is 0 Å². The van der Waals surface area contributed by atoms with Crippen LogP contribution in [0.5, 0.6) is 11.5 Å². The first-order valence-electron chi connectivity index (χ1n) is 12.0. The summed E-state index contributed by atoms with van der Waals surface area (Å²) in [7, 11) is 0. The molecule has 1 N–H and O–H groups in total. The van der Waals surface area contributed by atoms with E-state index in [4.69, 9.17) is 4.74 Å². The van der Waals surface area contributed by atoms with Gasteiger partial charge in [-0.05, 0) is 49.2 Å². The first kappa shape index (κ1) is 20.8. The van der Waals surface area contributed by atoms with E-state index in [1.54, 1.807) is 0 Å². The van der Waals surface area contributed by atoms with Crippen LogP contribution in [0.15, 0.2) is 72.8 Å². The zero-order valence-electron chi connectivity index (χ0n) is 18.9. The number of ether oxygens (including phenoxy) is 1. The highest BCUT2D eigenvalue weighted by Gasteiger charge is 2.36. The third-order valence-electron chi connectivity index (χ3n) is 6.97. The van der Waals surface area contributed by atoms with Crippen molar-refractivity contribution in [2.75, 3.05) is 36.4 Å². The lowest BCUT2D eigenvalue weighted by molar-refractivity contribution is -0.132. The van der Waals surface area contributed by atoms with E-state index in [2.05, 4.69) is 10.2 Å². The standard InChI is InChI=1S/C28H27N3O3/c32-27(19-9-10-19)29-20-11-13-21(14-12-20)30-15-17-31(18-16-30)28(33)26-22-5-1-3-7-24(22)34-25-8-4-2-6-23(25)26/h1-8,11-14,19,26H,9-10,15-18H2,(H,29,32). The molecule has 1 saturated carbocycles. The lowest BCUT2D eigenvalue weighted by Gasteiger charge is -2.38. The predicted octanol–water partition coefficient (Wildman–Crippen LogP) is 4.62. The molecule has 6 heteroatoms. The van der Waals surface area contributed by atoms with Crippen molar-refractivity contribution >= 4 is 23.2 Å². The average Bonchev–Trinajstić information content (AvgIpc) is 3.73. The second-order valence-electron chi connectivity index (χ2n) is 9.23. The Balaban J connectivity index is 1.14. The monoisotopic (exact) mass is 453 g/mol. The molecule has 6 rings (SSSR count). The molecule has 0 aromatic heterocycles. The van der Waals surface area contributed by atoms with Gasteiger partial charge in [0, 0.05) is 54.6 Å². The molecule has 0 radical (unpaired) electrons. The van der Waals surface area contributed by atoms with Crippen molar-refractivity contribution in [2.45, 2.75) is 18.8 Å². The van der Waals surface area contributed by atoms with E-state index < -0.39 is 0 Å². The molecule has 1 aliphatic carbocycles. The molecule has 34 heavy (non-hydrogen) atoms. The maximum Gasteiger partial charge on any atom is 0.234 e. The molecule has 2 amide bonds. The topological polar surface area (TPSA) is 61.9 Å². The lowest BCUT2D eigenvalue weighted by atomic mass is 9.86. The zero-order chi connectivity index (χ0) is 23.1. The number of hydrogen-bond donors (Lipinski definition) is 1. The van der Waals surface area contributed by atoms with Crippen LogP contribution in [-0.4, -0.2) is 42.9 Å². The minimum absolute atomic E-state index is 0.121. The molecule has 3 aliphatic rings. The normalized spacial score (nSPS) is 17.4. The number of rotatable bonds is 4. The van der Waals surface area contributed by atoms with Crippen LogP contribution in [0.4, 0.5) is 11.4 Å². The highest BCUT2D eigenvalue weighted by molar-refractivity contribution is 5.94. The molecule has 2 fully saturated rings. The number of fused-ring (bicyclic) bond motifs is 2. The molecular weight excluding hydrogens is 426 g/mol. The molecule has 0 unspecified atom stereocenters. The summed E-state index contributed by atoms with van der Waals surface area (Å²) in [6.07, 6.45) is 2.00. The average molecular weight is 454 g/mol. The third kappa shape index (κ3) is 3.89. The Kier molecular flexibility index (Phi) is 5.21. The van der Waals surface area contributed by atoms with E-state index in [1.807, 2.05) is 77.7 Å². The van der Waals surface area contributed by atoms with Crippen molar-refractivity contribution in [3.8, 4) is 11.5 Å². The van der Waals surface area contributed by atoms with Gasteiger partial charge < -0.3 is 19.9 Å². The van der Waals surface area contributed by atoms with Gasteiger partial charge in [-0.15, -0.1) is 0 Å². The summed E-state index contributed by atoms with van der Waals surface area (Å²) in [6.45, 7) is 2.87. The number of piperazine rings is 1. The van der Waals surface area contributed by atoms with Crippen LogP contribution in [0.1, 0.15) is 29.9 Å². The van der Waals surface area contributed by atoms with Gasteiger partial charge in [0.05, 0.1) is 5.92 Å². The fourth-order valence-corrected chi connectivity index (χ4v) is 4.89. The fraction of sp³-hybridized carbons (Fsp3) is 0.286. The number of para-hydroxylation sites is 2. The minimum Gasteiger partial charge on any atom is -0.457 e. The fourth-order valence-electron chi connectivity index (χ4n) is 4.89. The van der Waals surface area contributed by atoms with Gasteiger partial charge in [0.2, 0.25) is 11.8 Å². The number of carbonyl (C=O) groups excluding carboxylic acids is 2. The van der Waals surface area contributed by atoms with E-state index in [0.29, 0.717) is 13.1 Å². The number of carbonyl (C=O) groups is 2. The summed E-state index contributed by atoms with van der Waals surface area (Å²) in [5, 5.41) is 2.99. The number of benzene rings is 3. The first-order chi connectivity index (χ1) is 16.7. The number of hydrogen-bond acceptors (Lipinski definition) is 4. The molecular formula is C28H27N3O3. The van der Waals surface area contributed by atoms with Crippen LogP contribution in [0, 0.1) is 5.92 Å². The summed E-state index contributed by atoms with van der Waals surface area (Å²) in [5.74, 6) is 1.61. The Morgan fingerprint density at radius 1 is 0.765 bits per heavy atom. The van der Waals surface area contributed by atoms with Crippen LogP contribution in [0.3, 0.4) is 0 Å². The number of anilines is 2. The molecule has 2 aliphatic heterocycles. The summed E-state index contributed by atoms with van der Waals surface area (Å²) >= 11 is 0. The van der Waals surface area contributed by atoms with Gasteiger partial charge in [-0.3, -0.25) is 9.59 Å². The minimum atomic E-state index is -0.345. The van der Waals surface area contributed by atoms with E-state index >= 15 is 0 Å². The van der Waals surface area contributed by atoms with Crippen LogP contribution >= 0.6 is 0 Å². The largest absolute Gasteiger partial charge is 0.457 e. The zero-order valence-corrected chi connectivity index (χ0v) is 18.9. The van der Waals surface area contributed by atoms with Crippen LogP contribution in [0.2, 0.25) is 0 Å². The molecule has 0 atom stereocenters. The summed E-state index contributed by atoms with van der Waals surface area (Å²) in [4.78, 5) is 30.0. The lowest BCUT2D eigenvalue weighted by Crippen LogP contribution is -2.50. The van der Waals surface area contributed by atoms with Crippen molar-refractivity contribution in [3.63, 3.8) is 0 Å². The Bertz CT molecular complexity index is 1180. The molecule has 3 aromatic rings. The predicted molar refractivity (Wildman–Crippen MR) is 131 cm³/mol. The Morgan fingerprint density at radius 2 is 1.35 bits per heavy atom. The maximum atomic E-state index is 13.7. The van der Waals surface area contributed by atoms with Crippen molar-refractivity contribution in [1.82, 2.24) is 4.90 Å². The van der Waals surface area contributed by atoms with Gasteiger partial charge >= 0.3 is 0 Å². The number of nitrogens with one attached hydrogen (secondary N) is 1. The van der Waals surface area contributed by atoms with E-state index in [-0.39, 0.29) is 23.7 Å². The van der Waals surface area contributed by atoms with Crippen molar-refractivity contribution in [2.24, 2.45) is 5.92 Å². The Morgan fingerprint density at radius 3 is 1.94 bits per heavy atom. The SMILES string of the molecule is O=C(Nc1ccc(N2CCN(C(=O)C3c4ccccc4Oc4ccccc43)CC2)cc1)C1CC1. The molecule has 3 aromatic carbocycles. The summed E-state index contributed by atoms with van der Waals surface area (Å²) in [6, 6.07) is 23.7. The second kappa shape index (κ2) is 8.52. The van der Waals surface area contributed by atoms with E-state index in [9.17, 15) is 9.59 Å². The van der Waals surface area contributed by atoms with Crippen LogP contribution in [-0.2, 0) is 9.59 Å². The van der Waals surface area contributed by atoms with Gasteiger partial charge in [-0.25, -0.2) is 0 Å². The first-order valence-corrected chi connectivity index (χ1v) is 12.0. The summed E-state index contributed by atoms with van der Waals surface area (Å²) < 4.78 is 6.06. The quantitative estimate of drug-likeness (QED) is 0.626. The molecule has 0 spiro atoms. The van der Waals surface area contributed by atoms with Gasteiger partial charge in [-0.1, -0.05) is 36.4 Å². The van der Waals surface area contributed by atoms with E-state index in [0.717, 1.165) is 59.9 Å². The third-order valence-corrected chi connectivity index (χ3v) is 6.97. The second-order valence-corrected chi connectivity index (χ2v) is 9.23. The van der Waals surface area contributed by atoms with Crippen LogP contribution in [0.25, 0.3) is 0 Å². The molecule has 172 valence electrons. The molecule has 1 saturated heterocycles. The van der Waals surface area contributed by atoms with Crippen molar-refractivity contribution in [3.05, 3.63) is 83.9 Å². The maximum absolute atomic E-state index is 13.7. The summed E-state index contributed by atoms with van der Waals surface area (Å²) in [5.41, 5.74) is 3.81. The van der Waals surface area contributed by atoms with Gasteiger partial charge in [0.1, 0.15) is 11.5 Å². The Hall–Kier alpha value is -3.80. The molecule has 2 heterocycles. The van der Waals surface area contributed by atoms with Gasteiger partial charge in [-0.2, -0.15) is 0 Å². The molecule has 0 bridgehead atoms. The number of nitrogens with zero attached hydrogens (tertiary/aromatic N) is 2. The highest BCUT2D eigenvalue weighted by Crippen LogP contribution is 2.44.